The van der Waals surface area contributed by atoms with Crippen LogP contribution in [0, 0.1) is 0 Å². The van der Waals surface area contributed by atoms with Crippen molar-refractivity contribution in [2.75, 3.05) is 13.1 Å². The molecule has 2 aromatic carbocycles. The number of aliphatic imine (C=N–C) groups is 1. The monoisotopic (exact) mass is 248 g/mol. The number of hydrogen-bond acceptors (Lipinski definition) is 2. The Hall–Kier alpha value is -2.35. The summed E-state index contributed by atoms with van der Waals surface area (Å²) in [5, 5.41) is 0. The minimum absolute atomic E-state index is 0.983. The highest BCUT2D eigenvalue weighted by Crippen LogP contribution is 2.24. The van der Waals surface area contributed by atoms with E-state index in [1.54, 1.807) is 0 Å². The van der Waals surface area contributed by atoms with Crippen LogP contribution in [0.2, 0.25) is 0 Å². The molecule has 1 saturated heterocycles. The summed E-state index contributed by atoms with van der Waals surface area (Å²) in [6, 6.07) is 20.5. The van der Waals surface area contributed by atoms with E-state index in [1.807, 2.05) is 42.6 Å². The van der Waals surface area contributed by atoms with Crippen LogP contribution >= 0.6 is 0 Å². The highest BCUT2D eigenvalue weighted by molar-refractivity contribution is 5.85. The lowest BCUT2D eigenvalue weighted by Gasteiger charge is -2.07. The van der Waals surface area contributed by atoms with Gasteiger partial charge >= 0.3 is 0 Å². The van der Waals surface area contributed by atoms with E-state index in [0.29, 0.717) is 0 Å². The largest absolute Gasteiger partial charge is 0.367 e. The molecule has 0 aromatic heterocycles. The molecule has 0 N–H and O–H groups in total. The summed E-state index contributed by atoms with van der Waals surface area (Å²) in [6.07, 6.45) is 3.98. The Labute approximate surface area is 113 Å². The van der Waals surface area contributed by atoms with Crippen LogP contribution in [0.15, 0.2) is 71.7 Å². The van der Waals surface area contributed by atoms with Gasteiger partial charge in [0.15, 0.2) is 0 Å². The summed E-state index contributed by atoms with van der Waals surface area (Å²) in [7, 11) is 0. The third-order valence-corrected chi connectivity index (χ3v) is 3.07. The van der Waals surface area contributed by atoms with Gasteiger partial charge in [-0.25, -0.2) is 0 Å². The van der Waals surface area contributed by atoms with Crippen molar-refractivity contribution in [3.05, 3.63) is 72.3 Å². The van der Waals surface area contributed by atoms with Crippen molar-refractivity contribution in [3.8, 4) is 0 Å². The van der Waals surface area contributed by atoms with E-state index in [2.05, 4.69) is 40.2 Å². The number of rotatable bonds is 4. The van der Waals surface area contributed by atoms with Crippen molar-refractivity contribution in [1.29, 1.82) is 0 Å². The summed E-state index contributed by atoms with van der Waals surface area (Å²) < 4.78 is 0. The van der Waals surface area contributed by atoms with Gasteiger partial charge in [0.05, 0.1) is 5.69 Å². The van der Waals surface area contributed by atoms with Crippen LogP contribution < -0.4 is 0 Å². The summed E-state index contributed by atoms with van der Waals surface area (Å²) in [5.74, 6) is 0. The molecule has 0 saturated carbocycles. The van der Waals surface area contributed by atoms with E-state index in [0.717, 1.165) is 18.8 Å². The quantitative estimate of drug-likeness (QED) is 0.594. The molecule has 1 fully saturated rings. The normalized spacial score (nSPS) is 14.9. The topological polar surface area (TPSA) is 15.4 Å². The molecule has 19 heavy (non-hydrogen) atoms. The Morgan fingerprint density at radius 2 is 1.53 bits per heavy atom. The van der Waals surface area contributed by atoms with Gasteiger partial charge in [-0.3, -0.25) is 4.99 Å². The first kappa shape index (κ1) is 11.7. The zero-order valence-electron chi connectivity index (χ0n) is 10.7. The highest BCUT2D eigenvalue weighted by atomic mass is 15.3. The van der Waals surface area contributed by atoms with E-state index >= 15 is 0 Å². The Bertz CT molecular complexity index is 581. The number of para-hydroxylation sites is 1. The number of nitrogens with zero attached hydrogens (tertiary/aromatic N) is 2. The van der Waals surface area contributed by atoms with Gasteiger partial charge in [0.1, 0.15) is 0 Å². The van der Waals surface area contributed by atoms with Gasteiger partial charge in [0.2, 0.25) is 0 Å². The fourth-order valence-electron chi connectivity index (χ4n) is 1.99. The van der Waals surface area contributed by atoms with Crippen molar-refractivity contribution in [3.63, 3.8) is 0 Å². The first-order valence-corrected chi connectivity index (χ1v) is 6.53. The molecule has 2 aromatic rings. The van der Waals surface area contributed by atoms with Crippen molar-refractivity contribution in [1.82, 2.24) is 4.90 Å². The fraction of sp³-hybridized carbons (Fsp3) is 0.118. The second-order valence-electron chi connectivity index (χ2n) is 4.52. The molecule has 0 atom stereocenters. The predicted octanol–water partition coefficient (Wildman–Crippen LogP) is 3.75. The molecule has 0 unspecified atom stereocenters. The summed E-state index contributed by atoms with van der Waals surface area (Å²) >= 11 is 0. The van der Waals surface area contributed by atoms with Gasteiger partial charge in [0, 0.05) is 25.0 Å². The first-order chi connectivity index (χ1) is 9.43. The van der Waals surface area contributed by atoms with E-state index in [-0.39, 0.29) is 0 Å². The van der Waals surface area contributed by atoms with Crippen LogP contribution in [-0.4, -0.2) is 24.2 Å². The van der Waals surface area contributed by atoms with Gasteiger partial charge < -0.3 is 4.90 Å². The van der Waals surface area contributed by atoms with Crippen LogP contribution in [0.1, 0.15) is 5.56 Å². The molecule has 94 valence electrons. The lowest BCUT2D eigenvalue weighted by atomic mass is 10.1. The lowest BCUT2D eigenvalue weighted by molar-refractivity contribution is 0.806. The average molecular weight is 248 g/mol. The SMILES string of the molecule is C(/C=C(\c1ccccc1)N1CC1)=Nc1ccccc1. The smallest absolute Gasteiger partial charge is 0.0629 e. The van der Waals surface area contributed by atoms with Crippen molar-refractivity contribution < 1.29 is 0 Å². The molecule has 1 aliphatic heterocycles. The van der Waals surface area contributed by atoms with E-state index in [4.69, 9.17) is 0 Å². The molecule has 0 amide bonds. The Morgan fingerprint density at radius 3 is 2.16 bits per heavy atom. The standard InChI is InChI=1S/C17H16N2/c1-3-7-15(8-4-1)17(19-13-14-19)11-12-18-16-9-5-2-6-10-16/h1-12H,13-14H2/b17-11+,18-12?. The van der Waals surface area contributed by atoms with E-state index in [9.17, 15) is 0 Å². The number of hydrogen-bond donors (Lipinski definition) is 0. The minimum Gasteiger partial charge on any atom is -0.367 e. The predicted molar refractivity (Wildman–Crippen MR) is 80.6 cm³/mol. The second-order valence-corrected chi connectivity index (χ2v) is 4.52. The van der Waals surface area contributed by atoms with Crippen molar-refractivity contribution >= 4 is 17.6 Å². The maximum atomic E-state index is 4.45. The van der Waals surface area contributed by atoms with Gasteiger partial charge in [-0.15, -0.1) is 0 Å². The van der Waals surface area contributed by atoms with Gasteiger partial charge in [-0.1, -0.05) is 48.5 Å². The summed E-state index contributed by atoms with van der Waals surface area (Å²) in [6.45, 7) is 2.28. The molecule has 0 spiro atoms. The van der Waals surface area contributed by atoms with Crippen LogP contribution in [-0.2, 0) is 0 Å². The Balaban J connectivity index is 1.81. The van der Waals surface area contributed by atoms with E-state index < -0.39 is 0 Å². The molecular weight excluding hydrogens is 232 g/mol. The van der Waals surface area contributed by atoms with Crippen LogP contribution in [0.5, 0.6) is 0 Å². The van der Waals surface area contributed by atoms with Gasteiger partial charge in [-0.2, -0.15) is 0 Å². The maximum Gasteiger partial charge on any atom is 0.0629 e. The molecule has 2 nitrogen and oxygen atoms in total. The van der Waals surface area contributed by atoms with Gasteiger partial charge in [-0.05, 0) is 23.8 Å². The number of benzene rings is 2. The zero-order chi connectivity index (χ0) is 12.9. The molecule has 1 heterocycles. The second kappa shape index (κ2) is 5.53. The molecule has 0 aliphatic carbocycles. The first-order valence-electron chi connectivity index (χ1n) is 6.53. The number of allylic oxidation sites excluding steroid dienone is 1. The Kier molecular flexibility index (Phi) is 3.41. The Morgan fingerprint density at radius 1 is 0.895 bits per heavy atom. The molecular formula is C17H16N2. The molecule has 1 aliphatic rings. The minimum atomic E-state index is 0.983. The summed E-state index contributed by atoms with van der Waals surface area (Å²) in [4.78, 5) is 6.79. The molecule has 3 rings (SSSR count). The van der Waals surface area contributed by atoms with Crippen molar-refractivity contribution in [2.45, 2.75) is 0 Å². The van der Waals surface area contributed by atoms with Crippen LogP contribution in [0.3, 0.4) is 0 Å². The van der Waals surface area contributed by atoms with Gasteiger partial charge in [0.25, 0.3) is 0 Å². The lowest BCUT2D eigenvalue weighted by Crippen LogP contribution is -1.96. The average Bonchev–Trinajstić information content (AvgIpc) is 3.30. The zero-order valence-corrected chi connectivity index (χ0v) is 10.7. The van der Waals surface area contributed by atoms with E-state index in [1.165, 1.54) is 11.3 Å². The van der Waals surface area contributed by atoms with Crippen molar-refractivity contribution in [2.24, 2.45) is 4.99 Å². The van der Waals surface area contributed by atoms with Crippen LogP contribution in [0.25, 0.3) is 5.70 Å². The third kappa shape index (κ3) is 3.10. The summed E-state index contributed by atoms with van der Waals surface area (Å²) in [5.41, 5.74) is 3.48. The molecule has 2 heteroatoms. The van der Waals surface area contributed by atoms with Crippen LogP contribution in [0.4, 0.5) is 5.69 Å². The molecule has 0 bridgehead atoms. The maximum absolute atomic E-state index is 4.45. The third-order valence-electron chi connectivity index (χ3n) is 3.07. The fourth-order valence-corrected chi connectivity index (χ4v) is 1.99. The highest BCUT2D eigenvalue weighted by Gasteiger charge is 2.20. The molecule has 0 radical (unpaired) electrons.